The van der Waals surface area contributed by atoms with Crippen molar-refractivity contribution in [1.82, 2.24) is 0 Å². The molecule has 1 aliphatic carbocycles. The van der Waals surface area contributed by atoms with Crippen LogP contribution in [-0.2, 0) is 5.41 Å². The SMILES string of the molecule is c1ccc(C2(c3ccccc3)c3ccccc3-c3c(N(c4ccc(-c5ccc6sc7ccccc7c6c5)cc4)c4cccc(-c5cccc(-c6cccc7ccccc67)c5)c4)cccc32)cc1. The molecule has 0 bridgehead atoms. The molecule has 0 spiro atoms. The minimum absolute atomic E-state index is 0.519. The number of thiophene rings is 1. The van der Waals surface area contributed by atoms with E-state index in [4.69, 9.17) is 0 Å². The zero-order chi connectivity index (χ0) is 44.3. The third kappa shape index (κ3) is 6.37. The summed E-state index contributed by atoms with van der Waals surface area (Å²) in [5.74, 6) is 0. The highest BCUT2D eigenvalue weighted by Crippen LogP contribution is 2.59. The van der Waals surface area contributed by atoms with Crippen molar-refractivity contribution in [3.05, 3.63) is 283 Å². The molecule has 1 aliphatic rings. The second-order valence-corrected chi connectivity index (χ2v) is 18.7. The van der Waals surface area contributed by atoms with Crippen LogP contribution in [0.5, 0.6) is 0 Å². The Morgan fingerprint density at radius 3 is 1.70 bits per heavy atom. The van der Waals surface area contributed by atoms with Crippen molar-refractivity contribution in [3.63, 3.8) is 0 Å². The lowest BCUT2D eigenvalue weighted by Crippen LogP contribution is -2.28. The number of anilines is 3. The van der Waals surface area contributed by atoms with Crippen molar-refractivity contribution < 1.29 is 0 Å². The lowest BCUT2D eigenvalue weighted by molar-refractivity contribution is 0.768. The molecule has 13 rings (SSSR count). The summed E-state index contributed by atoms with van der Waals surface area (Å²) in [6.45, 7) is 0. The van der Waals surface area contributed by atoms with Gasteiger partial charge < -0.3 is 4.90 Å². The highest BCUT2D eigenvalue weighted by molar-refractivity contribution is 7.25. The molecule has 0 N–H and O–H groups in total. The van der Waals surface area contributed by atoms with Crippen LogP contribution in [0.3, 0.4) is 0 Å². The quantitative estimate of drug-likeness (QED) is 0.147. The molecular formula is C65H43NS. The smallest absolute Gasteiger partial charge is 0.0714 e. The van der Waals surface area contributed by atoms with Gasteiger partial charge in [0.05, 0.1) is 11.1 Å². The maximum atomic E-state index is 2.49. The summed E-state index contributed by atoms with van der Waals surface area (Å²) in [6.07, 6.45) is 0. The van der Waals surface area contributed by atoms with E-state index in [9.17, 15) is 0 Å². The Kier molecular flexibility index (Phi) is 9.33. The van der Waals surface area contributed by atoms with Crippen LogP contribution in [0.2, 0.25) is 0 Å². The molecular weight excluding hydrogens is 827 g/mol. The van der Waals surface area contributed by atoms with Gasteiger partial charge in [0.15, 0.2) is 0 Å². The van der Waals surface area contributed by atoms with Crippen molar-refractivity contribution >= 4 is 59.3 Å². The predicted molar refractivity (Wildman–Crippen MR) is 285 cm³/mol. The van der Waals surface area contributed by atoms with Gasteiger partial charge in [0.2, 0.25) is 0 Å². The Morgan fingerprint density at radius 2 is 0.881 bits per heavy atom. The third-order valence-corrected chi connectivity index (χ3v) is 15.1. The molecule has 0 radical (unpaired) electrons. The van der Waals surface area contributed by atoms with E-state index >= 15 is 0 Å². The monoisotopic (exact) mass is 869 g/mol. The summed E-state index contributed by atoms with van der Waals surface area (Å²) in [4.78, 5) is 2.49. The van der Waals surface area contributed by atoms with Gasteiger partial charge >= 0.3 is 0 Å². The van der Waals surface area contributed by atoms with Crippen LogP contribution in [0.25, 0.3) is 75.5 Å². The number of benzene rings is 11. The van der Waals surface area contributed by atoms with Gasteiger partial charge in [-0.2, -0.15) is 0 Å². The van der Waals surface area contributed by atoms with E-state index in [1.165, 1.54) is 92.1 Å². The maximum Gasteiger partial charge on any atom is 0.0714 e. The first-order chi connectivity index (χ1) is 33.2. The zero-order valence-electron chi connectivity index (χ0n) is 36.7. The van der Waals surface area contributed by atoms with Crippen LogP contribution in [0.15, 0.2) is 261 Å². The Morgan fingerprint density at radius 1 is 0.313 bits per heavy atom. The molecule has 314 valence electrons. The Balaban J connectivity index is 1.01. The molecule has 0 unspecified atom stereocenters. The van der Waals surface area contributed by atoms with Gasteiger partial charge in [-0.25, -0.2) is 0 Å². The highest BCUT2D eigenvalue weighted by atomic mass is 32.1. The number of rotatable bonds is 8. The van der Waals surface area contributed by atoms with Gasteiger partial charge in [-0.15, -0.1) is 11.3 Å². The Bertz CT molecular complexity index is 3760. The lowest BCUT2D eigenvalue weighted by Gasteiger charge is -2.34. The van der Waals surface area contributed by atoms with E-state index in [1.807, 2.05) is 11.3 Å². The standard InChI is InChI=1S/C65H43NS/c1-3-22-50(23-4-1)65(51-24-5-2-6-25-51)59-31-11-9-29-57(59)64-60(65)32-16-33-61(64)66(52-38-35-44(36-39-52)48-37-40-63-58(43-48)56-28-10-12-34-62(56)67-63)53-26-14-20-47(42-53)46-19-13-21-49(41-46)55-30-15-18-45-17-7-8-27-54(45)55/h1-43H. The van der Waals surface area contributed by atoms with E-state index in [2.05, 4.69) is 266 Å². The van der Waals surface area contributed by atoms with Crippen molar-refractivity contribution in [3.8, 4) is 44.5 Å². The van der Waals surface area contributed by atoms with E-state index in [1.54, 1.807) is 0 Å². The minimum Gasteiger partial charge on any atom is -0.310 e. The molecule has 0 aliphatic heterocycles. The molecule has 1 nitrogen and oxygen atoms in total. The summed E-state index contributed by atoms with van der Waals surface area (Å²) in [6, 6.07) is 96.4. The Labute approximate surface area is 395 Å². The number of hydrogen-bond acceptors (Lipinski definition) is 2. The molecule has 0 saturated heterocycles. The fourth-order valence-electron chi connectivity index (χ4n) is 11.0. The van der Waals surface area contributed by atoms with Crippen LogP contribution in [0.1, 0.15) is 22.3 Å². The molecule has 1 heterocycles. The van der Waals surface area contributed by atoms with Gasteiger partial charge in [-0.3, -0.25) is 0 Å². The first-order valence-corrected chi connectivity index (χ1v) is 23.9. The minimum atomic E-state index is -0.519. The lowest BCUT2D eigenvalue weighted by atomic mass is 9.68. The van der Waals surface area contributed by atoms with Crippen molar-refractivity contribution in [2.45, 2.75) is 5.41 Å². The van der Waals surface area contributed by atoms with Crippen LogP contribution in [0, 0.1) is 0 Å². The van der Waals surface area contributed by atoms with Crippen molar-refractivity contribution in [2.75, 3.05) is 4.90 Å². The second kappa shape index (κ2) is 16.0. The largest absolute Gasteiger partial charge is 0.310 e. The molecule has 1 aromatic heterocycles. The van der Waals surface area contributed by atoms with Gasteiger partial charge in [-0.05, 0) is 127 Å². The second-order valence-electron chi connectivity index (χ2n) is 17.6. The van der Waals surface area contributed by atoms with Gasteiger partial charge in [-0.1, -0.05) is 206 Å². The van der Waals surface area contributed by atoms with E-state index in [0.29, 0.717) is 0 Å². The third-order valence-electron chi connectivity index (χ3n) is 13.9. The molecule has 0 amide bonds. The van der Waals surface area contributed by atoms with Crippen LogP contribution >= 0.6 is 11.3 Å². The van der Waals surface area contributed by atoms with Gasteiger partial charge in [0.25, 0.3) is 0 Å². The number of nitrogens with zero attached hydrogens (tertiary/aromatic N) is 1. The van der Waals surface area contributed by atoms with Crippen LogP contribution < -0.4 is 4.90 Å². The normalized spacial score (nSPS) is 12.6. The van der Waals surface area contributed by atoms with Crippen molar-refractivity contribution in [1.29, 1.82) is 0 Å². The fourth-order valence-corrected chi connectivity index (χ4v) is 12.1. The first kappa shape index (κ1) is 39.1. The highest BCUT2D eigenvalue weighted by Gasteiger charge is 2.47. The average Bonchev–Trinajstić information content (AvgIpc) is 3.93. The molecule has 11 aromatic carbocycles. The summed E-state index contributed by atoms with van der Waals surface area (Å²) < 4.78 is 2.64. The van der Waals surface area contributed by atoms with Gasteiger partial charge in [0, 0.05) is 37.1 Å². The molecule has 12 aromatic rings. The van der Waals surface area contributed by atoms with Gasteiger partial charge in [0.1, 0.15) is 0 Å². The predicted octanol–water partition coefficient (Wildman–Crippen LogP) is 18.0. The summed E-state index contributed by atoms with van der Waals surface area (Å²) in [7, 11) is 0. The molecule has 0 saturated carbocycles. The summed E-state index contributed by atoms with van der Waals surface area (Å²) in [5.41, 5.74) is 17.6. The molecule has 0 fully saturated rings. The molecule has 67 heavy (non-hydrogen) atoms. The van der Waals surface area contributed by atoms with Crippen LogP contribution in [-0.4, -0.2) is 0 Å². The fraction of sp³-hybridized carbons (Fsp3) is 0.0154. The average molecular weight is 870 g/mol. The van der Waals surface area contributed by atoms with Crippen molar-refractivity contribution in [2.24, 2.45) is 0 Å². The summed E-state index contributed by atoms with van der Waals surface area (Å²) in [5, 5.41) is 5.13. The first-order valence-electron chi connectivity index (χ1n) is 23.1. The molecule has 2 heteroatoms. The van der Waals surface area contributed by atoms with E-state index in [-0.39, 0.29) is 0 Å². The number of fused-ring (bicyclic) bond motifs is 7. The molecule has 0 atom stereocenters. The Hall–Kier alpha value is -8.30. The maximum absolute atomic E-state index is 2.49. The van der Waals surface area contributed by atoms with E-state index in [0.717, 1.165) is 22.6 Å². The van der Waals surface area contributed by atoms with Crippen LogP contribution in [0.4, 0.5) is 17.1 Å². The number of hydrogen-bond donors (Lipinski definition) is 0. The topological polar surface area (TPSA) is 3.24 Å². The summed E-state index contributed by atoms with van der Waals surface area (Å²) >= 11 is 1.86. The zero-order valence-corrected chi connectivity index (χ0v) is 37.5. The van der Waals surface area contributed by atoms with E-state index < -0.39 is 5.41 Å².